The van der Waals surface area contributed by atoms with E-state index in [1.54, 1.807) is 23.2 Å². The van der Waals surface area contributed by atoms with Crippen molar-refractivity contribution < 1.29 is 19.0 Å². The standard InChI is InChI=1S/C25H24ClN3O5/c1-15-11-29-13-17(24(30)22-18(26)3-5-20(34-15)23(22)29)25(31)28-8-6-27(7-9-28)12-16-2-4-19-21(10-16)33-14-32-19/h2-5,10,13,15H,6-9,11-12,14H2,1H3/t15-/m1/s1. The highest BCUT2D eigenvalue weighted by molar-refractivity contribution is 6.35. The fraction of sp³-hybridized carbons (Fsp3) is 0.360. The third-order valence-corrected chi connectivity index (χ3v) is 6.96. The second kappa shape index (κ2) is 8.21. The van der Waals surface area contributed by atoms with Crippen LogP contribution in [0.3, 0.4) is 0 Å². The van der Waals surface area contributed by atoms with Gasteiger partial charge in [0.2, 0.25) is 12.2 Å². The van der Waals surface area contributed by atoms with Crippen molar-refractivity contribution in [2.75, 3.05) is 33.0 Å². The van der Waals surface area contributed by atoms with Crippen molar-refractivity contribution >= 4 is 28.4 Å². The van der Waals surface area contributed by atoms with E-state index in [0.717, 1.165) is 36.7 Å². The molecular formula is C25H24ClN3O5. The zero-order chi connectivity index (χ0) is 23.4. The first-order chi connectivity index (χ1) is 16.5. The van der Waals surface area contributed by atoms with Gasteiger partial charge in [-0.3, -0.25) is 14.5 Å². The van der Waals surface area contributed by atoms with Gasteiger partial charge in [0.05, 0.1) is 22.5 Å². The van der Waals surface area contributed by atoms with Crippen LogP contribution in [0, 0.1) is 0 Å². The Hall–Kier alpha value is -3.23. The van der Waals surface area contributed by atoms with Gasteiger partial charge in [0.1, 0.15) is 17.4 Å². The minimum Gasteiger partial charge on any atom is -0.487 e. The van der Waals surface area contributed by atoms with Crippen LogP contribution in [0.5, 0.6) is 17.2 Å². The summed E-state index contributed by atoms with van der Waals surface area (Å²) in [6, 6.07) is 9.40. The molecule has 9 heteroatoms. The molecule has 0 spiro atoms. The van der Waals surface area contributed by atoms with Gasteiger partial charge in [-0.1, -0.05) is 17.7 Å². The summed E-state index contributed by atoms with van der Waals surface area (Å²) in [5.41, 5.74) is 1.60. The van der Waals surface area contributed by atoms with E-state index in [9.17, 15) is 9.59 Å². The van der Waals surface area contributed by atoms with Gasteiger partial charge < -0.3 is 23.7 Å². The maximum atomic E-state index is 13.4. The number of carbonyl (C=O) groups excluding carboxylic acids is 1. The van der Waals surface area contributed by atoms with Gasteiger partial charge in [-0.15, -0.1) is 0 Å². The summed E-state index contributed by atoms with van der Waals surface area (Å²) < 4.78 is 18.7. The Morgan fingerprint density at radius 2 is 1.82 bits per heavy atom. The smallest absolute Gasteiger partial charge is 0.259 e. The number of fused-ring (bicyclic) bond motifs is 1. The number of pyridine rings is 1. The first-order valence-electron chi connectivity index (χ1n) is 11.4. The van der Waals surface area contributed by atoms with Crippen molar-refractivity contribution in [3.8, 4) is 17.2 Å². The molecule has 1 aromatic heterocycles. The van der Waals surface area contributed by atoms with Gasteiger partial charge in [-0.25, -0.2) is 0 Å². The van der Waals surface area contributed by atoms with Gasteiger partial charge in [0, 0.05) is 38.9 Å². The summed E-state index contributed by atoms with van der Waals surface area (Å²) in [7, 11) is 0. The number of halogens is 1. The fourth-order valence-corrected chi connectivity index (χ4v) is 5.20. The fourth-order valence-electron chi connectivity index (χ4n) is 4.96. The number of nitrogens with zero attached hydrogens (tertiary/aromatic N) is 3. The van der Waals surface area contributed by atoms with Crippen molar-refractivity contribution in [1.82, 2.24) is 14.4 Å². The zero-order valence-electron chi connectivity index (χ0n) is 18.8. The topological polar surface area (TPSA) is 73.2 Å². The van der Waals surface area contributed by atoms with E-state index in [-0.39, 0.29) is 29.8 Å². The van der Waals surface area contributed by atoms with E-state index < -0.39 is 0 Å². The highest BCUT2D eigenvalue weighted by Gasteiger charge is 2.28. The molecule has 2 aromatic carbocycles. The number of hydrogen-bond acceptors (Lipinski definition) is 6. The first kappa shape index (κ1) is 21.3. The van der Waals surface area contributed by atoms with Gasteiger partial charge in [-0.05, 0) is 36.8 Å². The molecule has 176 valence electrons. The second-order valence-corrected chi connectivity index (χ2v) is 9.39. The van der Waals surface area contributed by atoms with Crippen LogP contribution in [0.1, 0.15) is 22.8 Å². The van der Waals surface area contributed by atoms with Gasteiger partial charge in [0.25, 0.3) is 5.91 Å². The summed E-state index contributed by atoms with van der Waals surface area (Å²) >= 11 is 6.40. The largest absolute Gasteiger partial charge is 0.487 e. The van der Waals surface area contributed by atoms with Crippen LogP contribution in [-0.4, -0.2) is 59.4 Å². The predicted octanol–water partition coefficient (Wildman–Crippen LogP) is 3.12. The molecule has 1 fully saturated rings. The van der Waals surface area contributed by atoms with Crippen molar-refractivity contribution in [1.29, 1.82) is 0 Å². The molecule has 6 rings (SSSR count). The number of aromatic nitrogens is 1. The lowest BCUT2D eigenvalue weighted by Crippen LogP contribution is -2.49. The molecule has 8 nitrogen and oxygen atoms in total. The van der Waals surface area contributed by atoms with E-state index in [1.807, 2.05) is 29.7 Å². The number of amides is 1. The van der Waals surface area contributed by atoms with Crippen LogP contribution in [0.2, 0.25) is 5.02 Å². The average molecular weight is 482 g/mol. The molecule has 3 aliphatic heterocycles. The maximum absolute atomic E-state index is 13.4. The van der Waals surface area contributed by atoms with Crippen LogP contribution in [0.15, 0.2) is 41.3 Å². The molecule has 1 atom stereocenters. The summed E-state index contributed by atoms with van der Waals surface area (Å²) in [5.74, 6) is 1.91. The van der Waals surface area contributed by atoms with Gasteiger partial charge in [0.15, 0.2) is 11.5 Å². The molecule has 0 saturated carbocycles. The number of rotatable bonds is 3. The van der Waals surface area contributed by atoms with E-state index in [4.69, 9.17) is 25.8 Å². The van der Waals surface area contributed by atoms with E-state index in [2.05, 4.69) is 4.90 Å². The minimum absolute atomic E-state index is 0.0675. The molecule has 0 radical (unpaired) electrons. The highest BCUT2D eigenvalue weighted by Crippen LogP contribution is 2.34. The lowest BCUT2D eigenvalue weighted by atomic mass is 10.1. The summed E-state index contributed by atoms with van der Waals surface area (Å²) in [5, 5.41) is 0.678. The molecule has 0 unspecified atom stereocenters. The van der Waals surface area contributed by atoms with Crippen LogP contribution in [-0.2, 0) is 13.1 Å². The lowest BCUT2D eigenvalue weighted by molar-refractivity contribution is 0.0626. The number of ether oxygens (including phenoxy) is 3. The maximum Gasteiger partial charge on any atom is 0.259 e. The van der Waals surface area contributed by atoms with E-state index in [1.165, 1.54) is 0 Å². The molecule has 0 N–H and O–H groups in total. The molecule has 0 aliphatic carbocycles. The second-order valence-electron chi connectivity index (χ2n) is 8.98. The summed E-state index contributed by atoms with van der Waals surface area (Å²) in [4.78, 5) is 30.8. The number of hydrogen-bond donors (Lipinski definition) is 0. The summed E-state index contributed by atoms with van der Waals surface area (Å²) in [6.45, 7) is 6.07. The molecule has 4 heterocycles. The zero-order valence-corrected chi connectivity index (χ0v) is 19.5. The Kier molecular flexibility index (Phi) is 5.15. The van der Waals surface area contributed by atoms with Gasteiger partial charge >= 0.3 is 0 Å². The minimum atomic E-state index is -0.343. The first-order valence-corrected chi connectivity index (χ1v) is 11.8. The monoisotopic (exact) mass is 481 g/mol. The third kappa shape index (κ3) is 3.58. The summed E-state index contributed by atoms with van der Waals surface area (Å²) in [6.07, 6.45) is 1.60. The third-order valence-electron chi connectivity index (χ3n) is 6.65. The SMILES string of the molecule is C[C@@H]1Cn2cc(C(=O)N3CCN(Cc4ccc5c(c4)OCO5)CC3)c(=O)c3c(Cl)ccc(c32)O1. The van der Waals surface area contributed by atoms with E-state index >= 15 is 0 Å². The van der Waals surface area contributed by atoms with Crippen molar-refractivity contribution in [3.63, 3.8) is 0 Å². The molecule has 0 bridgehead atoms. The highest BCUT2D eigenvalue weighted by atomic mass is 35.5. The molecule has 3 aromatic rings. The van der Waals surface area contributed by atoms with Crippen LogP contribution in [0.4, 0.5) is 0 Å². The van der Waals surface area contributed by atoms with Crippen molar-refractivity contribution in [2.24, 2.45) is 0 Å². The van der Waals surface area contributed by atoms with Crippen LogP contribution < -0.4 is 19.6 Å². The lowest BCUT2D eigenvalue weighted by Gasteiger charge is -2.35. The molecule has 1 amide bonds. The Bertz CT molecular complexity index is 1360. The average Bonchev–Trinajstić information content (AvgIpc) is 3.30. The quantitative estimate of drug-likeness (QED) is 0.572. The van der Waals surface area contributed by atoms with E-state index in [0.29, 0.717) is 41.3 Å². The molecule has 3 aliphatic rings. The molecular weight excluding hydrogens is 458 g/mol. The van der Waals surface area contributed by atoms with Crippen molar-refractivity contribution in [3.05, 3.63) is 62.9 Å². The Balaban J connectivity index is 1.21. The molecule has 1 saturated heterocycles. The number of carbonyl (C=O) groups is 1. The van der Waals surface area contributed by atoms with Crippen LogP contribution in [0.25, 0.3) is 10.9 Å². The Labute approximate surface area is 201 Å². The number of benzene rings is 2. The van der Waals surface area contributed by atoms with Crippen LogP contribution >= 0.6 is 11.6 Å². The predicted molar refractivity (Wildman–Crippen MR) is 127 cm³/mol. The van der Waals surface area contributed by atoms with Gasteiger partial charge in [-0.2, -0.15) is 0 Å². The van der Waals surface area contributed by atoms with Crippen molar-refractivity contribution in [2.45, 2.75) is 26.1 Å². The Morgan fingerprint density at radius 1 is 1.06 bits per heavy atom. The molecule has 34 heavy (non-hydrogen) atoms. The Morgan fingerprint density at radius 3 is 2.65 bits per heavy atom. The number of piperazine rings is 1. The normalized spacial score (nSPS) is 19.4.